The average molecular weight is 365 g/mol. The van der Waals surface area contributed by atoms with Crippen molar-refractivity contribution < 1.29 is 9.47 Å². The molecule has 6 rings (SSSR count). The quantitative estimate of drug-likeness (QED) is 0.902. The number of piperidine rings is 1. The molecular weight excluding hydrogens is 338 g/mol. The predicted octanol–water partition coefficient (Wildman–Crippen LogP) is 3.53. The molecule has 1 saturated heterocycles. The van der Waals surface area contributed by atoms with Gasteiger partial charge in [-0.15, -0.1) is 0 Å². The van der Waals surface area contributed by atoms with Crippen LogP contribution in [-0.2, 0) is 12.8 Å². The predicted molar refractivity (Wildman–Crippen MR) is 106 cm³/mol. The monoisotopic (exact) mass is 365 g/mol. The van der Waals surface area contributed by atoms with E-state index in [1.54, 1.807) is 0 Å². The number of nitrogens with one attached hydrogen (secondary N) is 1. The number of rotatable bonds is 3. The zero-order valence-corrected chi connectivity index (χ0v) is 16.0. The second-order valence-electron chi connectivity index (χ2n) is 8.48. The van der Waals surface area contributed by atoms with Crippen LogP contribution in [-0.4, -0.2) is 47.8 Å². The molecule has 1 aromatic heterocycles. The lowest BCUT2D eigenvalue weighted by atomic mass is 10.0. The normalized spacial score (nSPS) is 26.7. The summed E-state index contributed by atoms with van der Waals surface area (Å²) >= 11 is 0. The van der Waals surface area contributed by atoms with Crippen LogP contribution in [0.15, 0.2) is 12.1 Å². The van der Waals surface area contributed by atoms with E-state index >= 15 is 0 Å². The van der Waals surface area contributed by atoms with Gasteiger partial charge in [-0.2, -0.15) is 0 Å². The van der Waals surface area contributed by atoms with Gasteiger partial charge in [0.1, 0.15) is 12.2 Å². The molecule has 1 aromatic carbocycles. The lowest BCUT2D eigenvalue weighted by Gasteiger charge is -2.33. The number of aromatic nitrogens is 1. The van der Waals surface area contributed by atoms with E-state index in [1.165, 1.54) is 54.7 Å². The molecule has 0 bridgehead atoms. The first-order valence-corrected chi connectivity index (χ1v) is 10.6. The maximum Gasteiger partial charge on any atom is 0.164 e. The number of hydrogen-bond donors (Lipinski definition) is 1. The molecule has 2 aliphatic heterocycles. The number of likely N-dealkylation sites (tertiary alicyclic amines) is 1. The van der Waals surface area contributed by atoms with Gasteiger partial charge < -0.3 is 19.7 Å². The molecular formula is C22H27N3O2. The molecule has 5 nitrogen and oxygen atoms in total. The summed E-state index contributed by atoms with van der Waals surface area (Å²) in [6.45, 7) is 5.79. The minimum absolute atomic E-state index is 0.255. The Morgan fingerprint density at radius 2 is 1.89 bits per heavy atom. The van der Waals surface area contributed by atoms with Gasteiger partial charge in [0, 0.05) is 48.4 Å². The van der Waals surface area contributed by atoms with E-state index in [0.29, 0.717) is 6.04 Å². The van der Waals surface area contributed by atoms with Crippen LogP contribution in [0.1, 0.15) is 43.9 Å². The van der Waals surface area contributed by atoms with E-state index in [0.717, 1.165) is 42.8 Å². The van der Waals surface area contributed by atoms with Gasteiger partial charge in [0.25, 0.3) is 0 Å². The Balaban J connectivity index is 1.40. The van der Waals surface area contributed by atoms with Crippen molar-refractivity contribution in [2.45, 2.75) is 63.7 Å². The van der Waals surface area contributed by atoms with Crippen LogP contribution in [0, 0.1) is 0 Å². The summed E-state index contributed by atoms with van der Waals surface area (Å²) in [5, 5.41) is 5.14. The molecule has 0 spiro atoms. The van der Waals surface area contributed by atoms with Crippen molar-refractivity contribution in [1.29, 1.82) is 0 Å². The molecule has 142 valence electrons. The third kappa shape index (κ3) is 2.66. The maximum absolute atomic E-state index is 6.12. The number of fused-ring (bicyclic) bond motifs is 4. The van der Waals surface area contributed by atoms with E-state index in [1.807, 2.05) is 0 Å². The largest absolute Gasteiger partial charge is 0.482 e. The zero-order valence-electron chi connectivity index (χ0n) is 16.0. The fourth-order valence-corrected chi connectivity index (χ4v) is 4.94. The highest BCUT2D eigenvalue weighted by atomic mass is 16.6. The molecule has 0 amide bonds. The molecule has 1 saturated carbocycles. The third-order valence-electron chi connectivity index (χ3n) is 6.69. The Kier molecular flexibility index (Phi) is 3.55. The first-order chi connectivity index (χ1) is 13.3. The fourth-order valence-electron chi connectivity index (χ4n) is 4.94. The minimum Gasteiger partial charge on any atom is -0.482 e. The smallest absolute Gasteiger partial charge is 0.164 e. The Bertz CT molecular complexity index is 904. The van der Waals surface area contributed by atoms with Gasteiger partial charge in [0.05, 0.1) is 5.52 Å². The van der Waals surface area contributed by atoms with Gasteiger partial charge in [-0.25, -0.2) is 0 Å². The summed E-state index contributed by atoms with van der Waals surface area (Å²) in [5.41, 5.74) is 5.07. The van der Waals surface area contributed by atoms with Gasteiger partial charge in [-0.1, -0.05) is 6.92 Å². The summed E-state index contributed by atoms with van der Waals surface area (Å²) < 4.78 is 12.2. The van der Waals surface area contributed by atoms with Crippen molar-refractivity contribution in [3.63, 3.8) is 0 Å². The summed E-state index contributed by atoms with van der Waals surface area (Å²) in [5.74, 6) is 1.76. The van der Waals surface area contributed by atoms with E-state index < -0.39 is 0 Å². The van der Waals surface area contributed by atoms with E-state index in [4.69, 9.17) is 14.5 Å². The van der Waals surface area contributed by atoms with Crippen molar-refractivity contribution in [3.8, 4) is 11.5 Å². The van der Waals surface area contributed by atoms with Crippen LogP contribution in [0.25, 0.3) is 10.9 Å². The SMILES string of the molecule is CCN1CCC(Nc2c3c(nc4cc5c(cc24)OC2CC2O5)CCC3)CC1. The first-order valence-electron chi connectivity index (χ1n) is 10.6. The van der Waals surface area contributed by atoms with Crippen LogP contribution in [0.2, 0.25) is 0 Å². The fraction of sp³-hybridized carbons (Fsp3) is 0.591. The maximum atomic E-state index is 6.12. The molecule has 27 heavy (non-hydrogen) atoms. The van der Waals surface area contributed by atoms with Crippen molar-refractivity contribution in [2.75, 3.05) is 25.0 Å². The minimum atomic E-state index is 0.255. The second-order valence-corrected chi connectivity index (χ2v) is 8.48. The molecule has 0 radical (unpaired) electrons. The molecule has 4 aliphatic rings. The Morgan fingerprint density at radius 3 is 2.67 bits per heavy atom. The molecule has 5 heteroatoms. The molecule has 2 unspecified atom stereocenters. The Labute approximate surface area is 160 Å². The number of benzene rings is 1. The summed E-state index contributed by atoms with van der Waals surface area (Å²) in [4.78, 5) is 7.54. The third-order valence-corrected chi connectivity index (χ3v) is 6.69. The van der Waals surface area contributed by atoms with Crippen molar-refractivity contribution in [2.24, 2.45) is 0 Å². The number of hydrogen-bond acceptors (Lipinski definition) is 5. The topological polar surface area (TPSA) is 46.6 Å². The molecule has 1 N–H and O–H groups in total. The lowest BCUT2D eigenvalue weighted by molar-refractivity contribution is 0.166. The number of pyridine rings is 1. The van der Waals surface area contributed by atoms with Crippen molar-refractivity contribution >= 4 is 16.6 Å². The molecule has 2 aromatic rings. The molecule has 2 aliphatic carbocycles. The van der Waals surface area contributed by atoms with Crippen LogP contribution >= 0.6 is 0 Å². The van der Waals surface area contributed by atoms with E-state index in [-0.39, 0.29) is 12.2 Å². The van der Waals surface area contributed by atoms with Crippen LogP contribution < -0.4 is 14.8 Å². The zero-order chi connectivity index (χ0) is 18.0. The van der Waals surface area contributed by atoms with Crippen LogP contribution in [0.4, 0.5) is 5.69 Å². The van der Waals surface area contributed by atoms with E-state index in [9.17, 15) is 0 Å². The van der Waals surface area contributed by atoms with Gasteiger partial charge in [0.2, 0.25) is 0 Å². The number of anilines is 1. The highest BCUT2D eigenvalue weighted by Gasteiger charge is 2.46. The highest BCUT2D eigenvalue weighted by Crippen LogP contribution is 2.46. The van der Waals surface area contributed by atoms with Gasteiger partial charge in [0.15, 0.2) is 11.5 Å². The van der Waals surface area contributed by atoms with Crippen LogP contribution in [0.5, 0.6) is 11.5 Å². The van der Waals surface area contributed by atoms with Gasteiger partial charge in [-0.05, 0) is 50.3 Å². The Hall–Kier alpha value is -2.01. The molecule has 2 fully saturated rings. The Morgan fingerprint density at radius 1 is 1.11 bits per heavy atom. The van der Waals surface area contributed by atoms with E-state index in [2.05, 4.69) is 29.3 Å². The summed E-state index contributed by atoms with van der Waals surface area (Å²) in [6.07, 6.45) is 7.37. The lowest BCUT2D eigenvalue weighted by Crippen LogP contribution is -2.39. The van der Waals surface area contributed by atoms with Crippen LogP contribution in [0.3, 0.4) is 0 Å². The van der Waals surface area contributed by atoms with Crippen molar-refractivity contribution in [3.05, 3.63) is 23.4 Å². The number of nitrogens with zero attached hydrogens (tertiary/aromatic N) is 2. The number of ether oxygens (including phenoxy) is 2. The summed E-state index contributed by atoms with van der Waals surface area (Å²) in [7, 11) is 0. The van der Waals surface area contributed by atoms with Gasteiger partial charge >= 0.3 is 0 Å². The van der Waals surface area contributed by atoms with Gasteiger partial charge in [-0.3, -0.25) is 4.98 Å². The second kappa shape index (κ2) is 5.99. The standard InChI is InChI=1S/C22H27N3O2/c1-2-25-8-6-13(7-9-25)23-22-14-4-3-5-16(14)24-17-11-19-18(10-15(17)22)26-20-12-21(20)27-19/h10-11,13,20-21H,2-9,12H2,1H3,(H,23,24). The van der Waals surface area contributed by atoms with Crippen molar-refractivity contribution in [1.82, 2.24) is 9.88 Å². The number of aryl methyl sites for hydroxylation is 1. The molecule has 3 heterocycles. The summed E-state index contributed by atoms with van der Waals surface area (Å²) in [6, 6.07) is 4.82. The molecule has 2 atom stereocenters. The highest BCUT2D eigenvalue weighted by molar-refractivity contribution is 5.96. The first kappa shape index (κ1) is 16.0. The average Bonchev–Trinajstić information content (AvgIpc) is 3.28.